The lowest BCUT2D eigenvalue weighted by atomic mass is 10.0. The van der Waals surface area contributed by atoms with E-state index in [9.17, 15) is 0 Å². The molecule has 0 radical (unpaired) electrons. The topological polar surface area (TPSA) is 34.4 Å². The Hall–Kier alpha value is -0.840. The first-order chi connectivity index (χ1) is 9.61. The Morgan fingerprint density at radius 1 is 1.35 bits per heavy atom. The summed E-state index contributed by atoms with van der Waals surface area (Å²) in [5.41, 5.74) is 0.942. The standard InChI is InChI=1S/C16H20BrNO2/c1-10-7-14(5-6-19-10)18-11(2)16-9-12-8-13(17)3-4-15(12)20-16/h3-4,8-11,14,18H,5-7H2,1-2H3. The van der Waals surface area contributed by atoms with E-state index in [2.05, 4.69) is 47.2 Å². The van der Waals surface area contributed by atoms with Gasteiger partial charge in [-0.2, -0.15) is 0 Å². The molecule has 1 aliphatic rings. The van der Waals surface area contributed by atoms with Gasteiger partial charge >= 0.3 is 0 Å². The summed E-state index contributed by atoms with van der Waals surface area (Å²) < 4.78 is 12.6. The monoisotopic (exact) mass is 337 g/mol. The zero-order valence-corrected chi connectivity index (χ0v) is 13.4. The normalized spacial score (nSPS) is 24.9. The average Bonchev–Trinajstić information content (AvgIpc) is 2.81. The Morgan fingerprint density at radius 3 is 3.00 bits per heavy atom. The number of hydrogen-bond donors (Lipinski definition) is 1. The molecule has 4 heteroatoms. The van der Waals surface area contributed by atoms with Gasteiger partial charge in [-0.25, -0.2) is 0 Å². The van der Waals surface area contributed by atoms with Crippen LogP contribution >= 0.6 is 15.9 Å². The van der Waals surface area contributed by atoms with Crippen molar-refractivity contribution in [3.8, 4) is 0 Å². The van der Waals surface area contributed by atoms with Crippen LogP contribution in [0.3, 0.4) is 0 Å². The molecule has 3 rings (SSSR count). The number of hydrogen-bond acceptors (Lipinski definition) is 3. The van der Waals surface area contributed by atoms with Gasteiger partial charge in [-0.3, -0.25) is 0 Å². The van der Waals surface area contributed by atoms with Gasteiger partial charge in [-0.05, 0) is 51.0 Å². The van der Waals surface area contributed by atoms with E-state index in [-0.39, 0.29) is 6.04 Å². The molecule has 1 N–H and O–H groups in total. The molecular formula is C16H20BrNO2. The quantitative estimate of drug-likeness (QED) is 0.900. The fraction of sp³-hybridized carbons (Fsp3) is 0.500. The van der Waals surface area contributed by atoms with Crippen LogP contribution in [-0.2, 0) is 4.74 Å². The largest absolute Gasteiger partial charge is 0.459 e. The summed E-state index contributed by atoms with van der Waals surface area (Å²) in [6.07, 6.45) is 2.48. The lowest BCUT2D eigenvalue weighted by Crippen LogP contribution is -2.39. The van der Waals surface area contributed by atoms with E-state index in [1.54, 1.807) is 0 Å². The van der Waals surface area contributed by atoms with Crippen LogP contribution in [0.2, 0.25) is 0 Å². The van der Waals surface area contributed by atoms with Crippen LogP contribution < -0.4 is 5.32 Å². The molecule has 0 bridgehead atoms. The molecule has 20 heavy (non-hydrogen) atoms. The van der Waals surface area contributed by atoms with Crippen LogP contribution in [0.4, 0.5) is 0 Å². The van der Waals surface area contributed by atoms with E-state index in [0.29, 0.717) is 12.1 Å². The minimum Gasteiger partial charge on any atom is -0.459 e. The molecule has 0 saturated carbocycles. The first-order valence-electron chi connectivity index (χ1n) is 7.18. The smallest absolute Gasteiger partial charge is 0.134 e. The van der Waals surface area contributed by atoms with Gasteiger partial charge in [0, 0.05) is 22.5 Å². The number of halogens is 1. The summed E-state index contributed by atoms with van der Waals surface area (Å²) >= 11 is 3.49. The zero-order valence-electron chi connectivity index (χ0n) is 11.9. The Labute approximate surface area is 127 Å². The van der Waals surface area contributed by atoms with Crippen molar-refractivity contribution in [1.29, 1.82) is 0 Å². The van der Waals surface area contributed by atoms with Gasteiger partial charge < -0.3 is 14.5 Å². The molecule has 0 aliphatic carbocycles. The van der Waals surface area contributed by atoms with Gasteiger partial charge in [0.1, 0.15) is 11.3 Å². The van der Waals surface area contributed by atoms with Gasteiger partial charge in [0.15, 0.2) is 0 Å². The van der Waals surface area contributed by atoms with Gasteiger partial charge in [0.25, 0.3) is 0 Å². The predicted molar refractivity (Wildman–Crippen MR) is 83.9 cm³/mol. The zero-order chi connectivity index (χ0) is 14.1. The fourth-order valence-electron chi connectivity index (χ4n) is 2.83. The van der Waals surface area contributed by atoms with Gasteiger partial charge in [-0.1, -0.05) is 15.9 Å². The molecule has 2 aromatic rings. The first kappa shape index (κ1) is 14.1. The third-order valence-corrected chi connectivity index (χ3v) is 4.39. The lowest BCUT2D eigenvalue weighted by Gasteiger charge is -2.29. The van der Waals surface area contributed by atoms with E-state index in [1.165, 1.54) is 0 Å². The summed E-state index contributed by atoms with van der Waals surface area (Å²) in [5.74, 6) is 0.997. The van der Waals surface area contributed by atoms with Crippen LogP contribution in [0.15, 0.2) is 33.2 Å². The van der Waals surface area contributed by atoms with Crippen molar-refractivity contribution in [1.82, 2.24) is 5.32 Å². The van der Waals surface area contributed by atoms with E-state index >= 15 is 0 Å². The fourth-order valence-corrected chi connectivity index (χ4v) is 3.21. The van der Waals surface area contributed by atoms with Crippen LogP contribution in [0, 0.1) is 0 Å². The number of ether oxygens (including phenoxy) is 1. The number of benzene rings is 1. The Morgan fingerprint density at radius 2 is 2.20 bits per heavy atom. The van der Waals surface area contributed by atoms with Crippen LogP contribution in [-0.4, -0.2) is 18.8 Å². The Kier molecular flexibility index (Phi) is 4.15. The highest BCUT2D eigenvalue weighted by molar-refractivity contribution is 9.10. The van der Waals surface area contributed by atoms with Gasteiger partial charge in [-0.15, -0.1) is 0 Å². The summed E-state index contributed by atoms with van der Waals surface area (Å²) in [5, 5.41) is 4.80. The van der Waals surface area contributed by atoms with Crippen molar-refractivity contribution in [2.75, 3.05) is 6.61 Å². The van der Waals surface area contributed by atoms with Crippen molar-refractivity contribution < 1.29 is 9.15 Å². The molecule has 2 heterocycles. The maximum Gasteiger partial charge on any atom is 0.134 e. The van der Waals surface area contributed by atoms with Crippen molar-refractivity contribution in [2.45, 2.75) is 44.9 Å². The molecule has 108 valence electrons. The second kappa shape index (κ2) is 5.88. The molecule has 0 amide bonds. The molecule has 3 atom stereocenters. The summed E-state index contributed by atoms with van der Waals surface area (Å²) in [7, 11) is 0. The van der Waals surface area contributed by atoms with E-state index in [0.717, 1.165) is 40.7 Å². The molecule has 0 spiro atoms. The minimum absolute atomic E-state index is 0.219. The molecule has 1 aromatic carbocycles. The molecule has 1 aromatic heterocycles. The Balaban J connectivity index is 1.73. The number of furan rings is 1. The van der Waals surface area contributed by atoms with E-state index < -0.39 is 0 Å². The highest BCUT2D eigenvalue weighted by atomic mass is 79.9. The highest BCUT2D eigenvalue weighted by Gasteiger charge is 2.22. The second-order valence-corrected chi connectivity index (χ2v) is 6.54. The van der Waals surface area contributed by atoms with Crippen molar-refractivity contribution >= 4 is 26.9 Å². The number of nitrogens with one attached hydrogen (secondary N) is 1. The average molecular weight is 338 g/mol. The molecule has 1 saturated heterocycles. The van der Waals surface area contributed by atoms with E-state index in [4.69, 9.17) is 9.15 Å². The molecular weight excluding hydrogens is 318 g/mol. The summed E-state index contributed by atoms with van der Waals surface area (Å²) in [4.78, 5) is 0. The lowest BCUT2D eigenvalue weighted by molar-refractivity contribution is 0.0112. The second-order valence-electron chi connectivity index (χ2n) is 5.62. The SMILES string of the molecule is CC1CC(NC(C)c2cc3cc(Br)ccc3o2)CCO1. The van der Waals surface area contributed by atoms with Gasteiger partial charge in [0.05, 0.1) is 12.1 Å². The summed E-state index contributed by atoms with van der Waals surface area (Å²) in [6.45, 7) is 5.14. The third-order valence-electron chi connectivity index (χ3n) is 3.90. The minimum atomic E-state index is 0.219. The van der Waals surface area contributed by atoms with Crippen molar-refractivity contribution in [3.63, 3.8) is 0 Å². The van der Waals surface area contributed by atoms with Crippen LogP contribution in [0.25, 0.3) is 11.0 Å². The molecule has 3 nitrogen and oxygen atoms in total. The predicted octanol–water partition coefficient (Wildman–Crippen LogP) is 4.41. The first-order valence-corrected chi connectivity index (χ1v) is 7.98. The number of fused-ring (bicyclic) bond motifs is 1. The van der Waals surface area contributed by atoms with Gasteiger partial charge in [0.2, 0.25) is 0 Å². The maximum atomic E-state index is 5.94. The van der Waals surface area contributed by atoms with Crippen LogP contribution in [0.5, 0.6) is 0 Å². The highest BCUT2D eigenvalue weighted by Crippen LogP contribution is 2.27. The maximum absolute atomic E-state index is 5.94. The summed E-state index contributed by atoms with van der Waals surface area (Å²) in [6, 6.07) is 8.96. The third kappa shape index (κ3) is 3.08. The molecule has 3 unspecified atom stereocenters. The van der Waals surface area contributed by atoms with Crippen molar-refractivity contribution in [2.24, 2.45) is 0 Å². The molecule has 1 aliphatic heterocycles. The Bertz CT molecular complexity index is 595. The number of rotatable bonds is 3. The van der Waals surface area contributed by atoms with E-state index in [1.807, 2.05) is 12.1 Å². The van der Waals surface area contributed by atoms with Crippen molar-refractivity contribution in [3.05, 3.63) is 34.5 Å². The molecule has 1 fully saturated rings. The van der Waals surface area contributed by atoms with Crippen LogP contribution in [0.1, 0.15) is 38.5 Å².